The van der Waals surface area contributed by atoms with E-state index in [0.717, 1.165) is 11.0 Å². The molecule has 1 atom stereocenters. The summed E-state index contributed by atoms with van der Waals surface area (Å²) >= 11 is 5.65. The van der Waals surface area contributed by atoms with Gasteiger partial charge in [0.15, 0.2) is 16.8 Å². The van der Waals surface area contributed by atoms with E-state index in [1.54, 1.807) is 24.5 Å². The maximum atomic E-state index is 14.0. The molecule has 4 heterocycles. The van der Waals surface area contributed by atoms with Crippen molar-refractivity contribution in [1.29, 1.82) is 0 Å². The summed E-state index contributed by atoms with van der Waals surface area (Å²) in [5, 5.41) is -2.77. The van der Waals surface area contributed by atoms with E-state index in [9.17, 15) is 9.18 Å². The number of aromatic nitrogens is 4. The largest absolute Gasteiger partial charge is 0.308 e. The van der Waals surface area contributed by atoms with Crippen LogP contribution in [0.25, 0.3) is 11.3 Å². The van der Waals surface area contributed by atoms with Gasteiger partial charge in [0, 0.05) is 35.5 Å². The van der Waals surface area contributed by atoms with Crippen molar-refractivity contribution < 1.29 is 9.18 Å². The topological polar surface area (TPSA) is 74.8 Å². The highest BCUT2D eigenvalue weighted by atomic mass is 35.5. The molecule has 15 heteroatoms. The summed E-state index contributed by atoms with van der Waals surface area (Å²) in [6.45, 7) is 0. The third-order valence-electron chi connectivity index (χ3n) is 6.16. The van der Waals surface area contributed by atoms with Crippen LogP contribution in [-0.4, -0.2) is 86.3 Å². The van der Waals surface area contributed by atoms with Crippen molar-refractivity contribution in [2.24, 2.45) is 0 Å². The predicted molar refractivity (Wildman–Crippen MR) is 133 cm³/mol. The Morgan fingerprint density at radius 2 is 1.68 bits per heavy atom. The van der Waals surface area contributed by atoms with Crippen LogP contribution in [0.3, 0.4) is 0 Å². The van der Waals surface area contributed by atoms with Crippen molar-refractivity contribution in [3.63, 3.8) is 0 Å². The minimum Gasteiger partial charge on any atom is -0.308 e. The van der Waals surface area contributed by atoms with E-state index in [0.29, 0.717) is 11.3 Å². The highest BCUT2D eigenvalue weighted by molar-refractivity contribution is 6.67. The van der Waals surface area contributed by atoms with Gasteiger partial charge < -0.3 is 4.90 Å². The molecule has 4 rings (SSSR count). The van der Waals surface area contributed by atoms with E-state index < -0.39 is 39.2 Å². The molecule has 1 aliphatic rings. The van der Waals surface area contributed by atoms with E-state index in [2.05, 4.69) is 20.2 Å². The third kappa shape index (κ3) is 3.48. The molecule has 0 aromatic carbocycles. The maximum absolute atomic E-state index is 14.0. The molecule has 3 aromatic rings. The molecule has 1 N–H and O–H groups in total. The van der Waals surface area contributed by atoms with Crippen LogP contribution in [0.2, 0.25) is 20.9 Å². The van der Waals surface area contributed by atoms with E-state index in [4.69, 9.17) is 66.5 Å². The predicted octanol–water partition coefficient (Wildman–Crippen LogP) is 0.473. The number of carbonyl (C=O) groups excluding carboxylic acids is 1. The van der Waals surface area contributed by atoms with Crippen LogP contribution in [0, 0.1) is 5.82 Å². The fourth-order valence-corrected chi connectivity index (χ4v) is 4.03. The zero-order valence-electron chi connectivity index (χ0n) is 17.7. The van der Waals surface area contributed by atoms with Gasteiger partial charge >= 0.3 is 0 Å². The quantitative estimate of drug-likeness (QED) is 0.460. The molecular weight excluding hydrogens is 444 g/mol. The normalized spacial score (nSPS) is 23.0. The Morgan fingerprint density at radius 1 is 1.03 bits per heavy atom. The number of hydrogen-bond donors (Lipinski definition) is 1. The Hall–Kier alpha value is -2.35. The first-order valence-corrected chi connectivity index (χ1v) is 10.2. The molecule has 1 aliphatic heterocycles. The van der Waals surface area contributed by atoms with Crippen molar-refractivity contribution >= 4 is 78.2 Å². The zero-order valence-corrected chi connectivity index (χ0v) is 18.5. The number of aromatic amines is 1. The van der Waals surface area contributed by atoms with Crippen LogP contribution >= 0.6 is 11.6 Å². The van der Waals surface area contributed by atoms with Crippen LogP contribution in [0.15, 0.2) is 42.9 Å². The van der Waals surface area contributed by atoms with Crippen molar-refractivity contribution in [3.8, 4) is 11.3 Å². The van der Waals surface area contributed by atoms with Gasteiger partial charge in [-0.25, -0.2) is 9.37 Å². The number of rotatable bonds is 4. The van der Waals surface area contributed by atoms with Crippen molar-refractivity contribution in [1.82, 2.24) is 20.2 Å². The lowest BCUT2D eigenvalue weighted by Crippen LogP contribution is -2.74. The van der Waals surface area contributed by atoms with Gasteiger partial charge in [0.1, 0.15) is 0 Å². The van der Waals surface area contributed by atoms with Crippen molar-refractivity contribution in [2.75, 3.05) is 4.90 Å². The van der Waals surface area contributed by atoms with E-state index >= 15 is 0 Å². The highest BCUT2D eigenvalue weighted by Crippen LogP contribution is 2.67. The summed E-state index contributed by atoms with van der Waals surface area (Å²) in [6, 6.07) is 5.95. The smallest absolute Gasteiger partial charge is 0.223 e. The molecule has 152 valence electrons. The van der Waals surface area contributed by atoms with Crippen molar-refractivity contribution in [3.05, 3.63) is 59.4 Å². The van der Waals surface area contributed by atoms with Gasteiger partial charge in [-0.1, -0.05) is 11.6 Å². The lowest BCUT2D eigenvalue weighted by atomic mass is 9.12. The average molecular weight is 454 g/mol. The monoisotopic (exact) mass is 455 g/mol. The molecule has 1 unspecified atom stereocenters. The zero-order chi connectivity index (χ0) is 25.1. The molecule has 6 nitrogen and oxygen atoms in total. The van der Waals surface area contributed by atoms with Gasteiger partial charge in [0.2, 0.25) is 5.91 Å². The van der Waals surface area contributed by atoms with Gasteiger partial charge in [-0.05, 0) is 35.5 Å². The number of nitrogens with one attached hydrogen (secondary N) is 1. The van der Waals surface area contributed by atoms with Crippen LogP contribution < -0.4 is 4.90 Å². The second-order valence-electron chi connectivity index (χ2n) is 8.34. The summed E-state index contributed by atoms with van der Waals surface area (Å²) < 4.78 is 14.0. The molecule has 14 radical (unpaired) electrons. The lowest BCUT2D eigenvalue weighted by molar-refractivity contribution is -0.124. The SMILES string of the molecule is [B]C1(Cc2cnc(Cl)c(F)c2)C(=O)N(c2cc(-c3ccncc3)[nH]n2)C([B])([B])C([B])([B])C1([B])[B]. The van der Waals surface area contributed by atoms with Gasteiger partial charge in [-0.2, -0.15) is 5.10 Å². The Bertz CT molecular complexity index is 1260. The molecular formula is C19H10B7ClFN5O. The highest BCUT2D eigenvalue weighted by Gasteiger charge is 2.64. The average Bonchev–Trinajstić information content (AvgIpc) is 3.25. The third-order valence-corrected chi connectivity index (χ3v) is 6.44. The molecule has 0 saturated carbocycles. The summed E-state index contributed by atoms with van der Waals surface area (Å²) in [4.78, 5) is 22.3. The minimum absolute atomic E-state index is 0.0483. The number of nitrogens with zero attached hydrogens (tertiary/aromatic N) is 4. The second-order valence-corrected chi connectivity index (χ2v) is 8.70. The number of amides is 1. The van der Waals surface area contributed by atoms with E-state index in [1.165, 1.54) is 12.3 Å². The molecule has 0 bridgehead atoms. The Labute approximate surface area is 210 Å². The number of piperidine rings is 1. The Balaban J connectivity index is 1.83. The molecule has 3 aromatic heterocycles. The summed E-state index contributed by atoms with van der Waals surface area (Å²) in [5.41, 5.74) is 1.36. The van der Waals surface area contributed by atoms with Crippen LogP contribution in [-0.2, 0) is 11.2 Å². The first-order valence-electron chi connectivity index (χ1n) is 9.86. The van der Waals surface area contributed by atoms with Gasteiger partial charge in [-0.15, -0.1) is 10.4 Å². The maximum Gasteiger partial charge on any atom is 0.223 e. The van der Waals surface area contributed by atoms with E-state index in [1.807, 2.05) is 0 Å². The second kappa shape index (κ2) is 8.11. The molecule has 34 heavy (non-hydrogen) atoms. The number of H-pyrrole nitrogens is 1. The lowest BCUT2D eigenvalue weighted by Gasteiger charge is -2.70. The molecule has 0 aliphatic carbocycles. The number of pyridine rings is 2. The van der Waals surface area contributed by atoms with E-state index in [-0.39, 0.29) is 16.5 Å². The number of anilines is 1. The Morgan fingerprint density at radius 3 is 2.29 bits per heavy atom. The van der Waals surface area contributed by atoms with Gasteiger partial charge in [0.05, 0.1) is 60.6 Å². The summed E-state index contributed by atoms with van der Waals surface area (Å²) in [6.07, 6.45) is 3.93. The standard InChI is InChI=1S/C19H10B7ClFN5O/c20-16(7-9-5-11(28)14(27)30-8-9)15(34)33(19(25,26)18(23,24)17(16,21)22)13-6-12(31-32-13)10-1-3-29-4-2-10/h1-6,8H,7H2,(H,31,32). The number of hydrogen-bond acceptors (Lipinski definition) is 4. The Kier molecular flexibility index (Phi) is 5.91. The molecule has 0 spiro atoms. The summed E-state index contributed by atoms with van der Waals surface area (Å²) in [7, 11) is 44.1. The fourth-order valence-electron chi connectivity index (χ4n) is 3.93. The fraction of sp³-hybridized carbons (Fsp3) is 0.263. The number of carbonyl (C=O) groups is 1. The molecule has 1 amide bonds. The van der Waals surface area contributed by atoms with Crippen LogP contribution in [0.5, 0.6) is 0 Å². The first-order chi connectivity index (χ1) is 15.7. The van der Waals surface area contributed by atoms with Crippen molar-refractivity contribution in [2.45, 2.75) is 27.5 Å². The van der Waals surface area contributed by atoms with Gasteiger partial charge in [-0.3, -0.25) is 14.9 Å². The molecule has 1 saturated heterocycles. The first kappa shape index (κ1) is 24.8. The molecule has 1 fully saturated rings. The van der Waals surface area contributed by atoms with Crippen LogP contribution in [0.1, 0.15) is 5.56 Å². The number of halogens is 2. The summed E-state index contributed by atoms with van der Waals surface area (Å²) in [5.74, 6) is -1.83. The van der Waals surface area contributed by atoms with Gasteiger partial charge in [0.25, 0.3) is 0 Å². The van der Waals surface area contributed by atoms with Crippen LogP contribution in [0.4, 0.5) is 10.2 Å². The minimum atomic E-state index is -2.38.